The van der Waals surface area contributed by atoms with Gasteiger partial charge in [-0.25, -0.2) is 14.4 Å². The van der Waals surface area contributed by atoms with E-state index >= 15 is 0 Å². The van der Waals surface area contributed by atoms with Crippen molar-refractivity contribution >= 4 is 11.6 Å². The molecule has 0 aliphatic heterocycles. The number of rotatable bonds is 2. The lowest BCUT2D eigenvalue weighted by Gasteiger charge is -2.06. The Bertz CT molecular complexity index is 677. The van der Waals surface area contributed by atoms with Crippen LogP contribution in [0.4, 0.5) is 10.1 Å². The average Bonchev–Trinajstić information content (AvgIpc) is 2.46. The summed E-state index contributed by atoms with van der Waals surface area (Å²) in [4.78, 5) is 19.7. The Morgan fingerprint density at radius 1 is 1.35 bits per heavy atom. The number of hydrogen-bond acceptors (Lipinski definition) is 4. The van der Waals surface area contributed by atoms with Crippen LogP contribution >= 0.6 is 0 Å². The summed E-state index contributed by atoms with van der Waals surface area (Å²) < 4.78 is 13.2. The molecule has 0 saturated carbocycles. The minimum atomic E-state index is -0.467. The molecule has 20 heavy (non-hydrogen) atoms. The Balaban J connectivity index is 2.30. The summed E-state index contributed by atoms with van der Waals surface area (Å²) in [5.74, 6) is 4.39. The maximum absolute atomic E-state index is 13.2. The highest BCUT2D eigenvalue weighted by molar-refractivity contribution is 6.05. The van der Waals surface area contributed by atoms with Crippen LogP contribution in [0.3, 0.4) is 0 Å². The van der Waals surface area contributed by atoms with E-state index in [1.54, 1.807) is 0 Å². The second-order valence-corrected chi connectivity index (χ2v) is 3.78. The average molecular weight is 270 g/mol. The highest BCUT2D eigenvalue weighted by Crippen LogP contribution is 2.13. The molecule has 3 N–H and O–H groups in total. The summed E-state index contributed by atoms with van der Waals surface area (Å²) in [5.41, 5.74) is 6.27. The molecule has 0 bridgehead atoms. The molecular formula is C14H11FN4O. The second kappa shape index (κ2) is 6.41. The molecule has 0 atom stereocenters. The lowest BCUT2D eigenvalue weighted by Crippen LogP contribution is -2.14. The fourth-order valence-electron chi connectivity index (χ4n) is 1.53. The van der Waals surface area contributed by atoms with Gasteiger partial charge in [0.05, 0.1) is 30.2 Å². The predicted octanol–water partition coefficient (Wildman–Crippen LogP) is 1.18. The van der Waals surface area contributed by atoms with Gasteiger partial charge in [0.2, 0.25) is 0 Å². The molecule has 2 aromatic rings. The number of carbonyl (C=O) groups excluding carboxylic acids is 1. The highest BCUT2D eigenvalue weighted by Gasteiger charge is 2.11. The van der Waals surface area contributed by atoms with E-state index in [0.717, 1.165) is 0 Å². The number of carbonyl (C=O) groups is 1. The number of amides is 1. The van der Waals surface area contributed by atoms with Crippen LogP contribution in [0.5, 0.6) is 0 Å². The van der Waals surface area contributed by atoms with E-state index in [2.05, 4.69) is 27.1 Å². The molecule has 1 aromatic carbocycles. The van der Waals surface area contributed by atoms with Gasteiger partial charge in [-0.15, -0.1) is 0 Å². The van der Waals surface area contributed by atoms with Crippen LogP contribution in [0.15, 0.2) is 36.9 Å². The van der Waals surface area contributed by atoms with Crippen LogP contribution in [-0.2, 0) is 0 Å². The van der Waals surface area contributed by atoms with E-state index in [1.165, 1.54) is 36.9 Å². The third kappa shape index (κ3) is 3.37. The summed E-state index contributed by atoms with van der Waals surface area (Å²) >= 11 is 0. The van der Waals surface area contributed by atoms with Crippen molar-refractivity contribution < 1.29 is 9.18 Å². The Labute approximate surface area is 115 Å². The summed E-state index contributed by atoms with van der Waals surface area (Å²) in [6.07, 6.45) is 4.27. The molecule has 0 saturated heterocycles. The van der Waals surface area contributed by atoms with E-state index in [-0.39, 0.29) is 17.7 Å². The molecule has 0 unspecified atom stereocenters. The fourth-order valence-corrected chi connectivity index (χ4v) is 1.53. The van der Waals surface area contributed by atoms with E-state index < -0.39 is 11.7 Å². The molecular weight excluding hydrogens is 259 g/mol. The molecule has 100 valence electrons. The van der Waals surface area contributed by atoms with Crippen molar-refractivity contribution in [2.75, 3.05) is 11.9 Å². The van der Waals surface area contributed by atoms with Gasteiger partial charge in [0.25, 0.3) is 5.91 Å². The predicted molar refractivity (Wildman–Crippen MR) is 72.3 cm³/mol. The van der Waals surface area contributed by atoms with Crippen LogP contribution in [0.1, 0.15) is 15.9 Å². The van der Waals surface area contributed by atoms with Crippen molar-refractivity contribution in [3.05, 3.63) is 53.9 Å². The van der Waals surface area contributed by atoms with E-state index in [0.29, 0.717) is 5.69 Å². The van der Waals surface area contributed by atoms with Crippen LogP contribution in [0.2, 0.25) is 0 Å². The van der Waals surface area contributed by atoms with Gasteiger partial charge in [-0.05, 0) is 18.2 Å². The first-order valence-corrected chi connectivity index (χ1v) is 5.75. The van der Waals surface area contributed by atoms with Gasteiger partial charge < -0.3 is 11.1 Å². The van der Waals surface area contributed by atoms with Gasteiger partial charge >= 0.3 is 0 Å². The van der Waals surface area contributed by atoms with Gasteiger partial charge in [-0.1, -0.05) is 11.8 Å². The SMILES string of the molecule is NCC#Cc1cc(F)ccc1C(=O)Nc1cncnc1. The topological polar surface area (TPSA) is 80.9 Å². The van der Waals surface area contributed by atoms with Crippen molar-refractivity contribution in [1.29, 1.82) is 0 Å². The molecule has 1 aromatic heterocycles. The summed E-state index contributed by atoms with van der Waals surface area (Å²) in [7, 11) is 0. The molecule has 0 aliphatic rings. The number of nitrogens with one attached hydrogen (secondary N) is 1. The van der Waals surface area contributed by atoms with Crippen molar-refractivity contribution in [3.63, 3.8) is 0 Å². The molecule has 0 fully saturated rings. The molecule has 2 rings (SSSR count). The van der Waals surface area contributed by atoms with Gasteiger partial charge in [-0.3, -0.25) is 4.79 Å². The maximum Gasteiger partial charge on any atom is 0.257 e. The zero-order valence-corrected chi connectivity index (χ0v) is 10.4. The summed E-state index contributed by atoms with van der Waals surface area (Å²) in [5, 5.41) is 2.61. The Morgan fingerprint density at radius 3 is 2.80 bits per heavy atom. The van der Waals surface area contributed by atoms with Crippen molar-refractivity contribution in [2.24, 2.45) is 5.73 Å². The summed E-state index contributed by atoms with van der Waals surface area (Å²) in [6.45, 7) is 0.129. The quantitative estimate of drug-likeness (QED) is 0.803. The first-order chi connectivity index (χ1) is 9.70. The molecule has 1 heterocycles. The minimum Gasteiger partial charge on any atom is -0.320 e. The highest BCUT2D eigenvalue weighted by atomic mass is 19.1. The van der Waals surface area contributed by atoms with Gasteiger partial charge in [0.15, 0.2) is 0 Å². The Morgan fingerprint density at radius 2 is 2.10 bits per heavy atom. The van der Waals surface area contributed by atoms with Gasteiger partial charge in [0.1, 0.15) is 12.1 Å². The fraction of sp³-hybridized carbons (Fsp3) is 0.0714. The molecule has 1 amide bonds. The maximum atomic E-state index is 13.2. The smallest absolute Gasteiger partial charge is 0.257 e. The largest absolute Gasteiger partial charge is 0.320 e. The second-order valence-electron chi connectivity index (χ2n) is 3.78. The van der Waals surface area contributed by atoms with E-state index in [4.69, 9.17) is 5.73 Å². The molecule has 5 nitrogen and oxygen atoms in total. The van der Waals surface area contributed by atoms with E-state index in [9.17, 15) is 9.18 Å². The molecule has 0 radical (unpaired) electrons. The lowest BCUT2D eigenvalue weighted by atomic mass is 10.1. The Kier molecular flexibility index (Phi) is 4.37. The number of nitrogens with zero attached hydrogens (tertiary/aromatic N) is 2. The Hall–Kier alpha value is -2.78. The summed E-state index contributed by atoms with van der Waals surface area (Å²) in [6, 6.07) is 3.76. The number of hydrogen-bond donors (Lipinski definition) is 2. The first kappa shape index (κ1) is 13.6. The normalized spacial score (nSPS) is 9.50. The third-order valence-corrected chi connectivity index (χ3v) is 2.37. The van der Waals surface area contributed by atoms with Crippen LogP contribution < -0.4 is 11.1 Å². The molecule has 0 aliphatic carbocycles. The zero-order valence-electron chi connectivity index (χ0n) is 10.4. The number of halogens is 1. The zero-order chi connectivity index (χ0) is 14.4. The van der Waals surface area contributed by atoms with Crippen molar-refractivity contribution in [3.8, 4) is 11.8 Å². The first-order valence-electron chi connectivity index (χ1n) is 5.75. The van der Waals surface area contributed by atoms with Crippen LogP contribution in [-0.4, -0.2) is 22.4 Å². The van der Waals surface area contributed by atoms with Crippen molar-refractivity contribution in [2.45, 2.75) is 0 Å². The number of aromatic nitrogens is 2. The number of nitrogens with two attached hydrogens (primary N) is 1. The molecule has 6 heteroatoms. The molecule has 0 spiro atoms. The third-order valence-electron chi connectivity index (χ3n) is 2.37. The minimum absolute atomic E-state index is 0.129. The standard InChI is InChI=1S/C14H11FN4O/c15-11-3-4-13(10(6-11)2-1-5-16)14(20)19-12-7-17-9-18-8-12/h3-4,6-9H,5,16H2,(H,19,20). The van der Waals surface area contributed by atoms with Crippen molar-refractivity contribution in [1.82, 2.24) is 9.97 Å². The number of benzene rings is 1. The van der Waals surface area contributed by atoms with E-state index in [1.807, 2.05) is 0 Å². The lowest BCUT2D eigenvalue weighted by molar-refractivity contribution is 0.102. The van der Waals surface area contributed by atoms with Gasteiger partial charge in [0, 0.05) is 5.56 Å². The van der Waals surface area contributed by atoms with Gasteiger partial charge in [-0.2, -0.15) is 0 Å². The van der Waals surface area contributed by atoms with Crippen LogP contribution in [0, 0.1) is 17.7 Å². The number of anilines is 1. The van der Waals surface area contributed by atoms with Crippen LogP contribution in [0.25, 0.3) is 0 Å². The monoisotopic (exact) mass is 270 g/mol.